The number of nitriles is 1. The molecule has 0 aliphatic carbocycles. The summed E-state index contributed by atoms with van der Waals surface area (Å²) in [6, 6.07) is 11.8. The van der Waals surface area contributed by atoms with Crippen molar-refractivity contribution >= 4 is 5.69 Å². The fraction of sp³-hybridized carbons (Fsp3) is 0.312. The lowest BCUT2D eigenvalue weighted by Crippen LogP contribution is -2.08. The maximum Gasteiger partial charge on any atom is 0.224 e. The van der Waals surface area contributed by atoms with Crippen LogP contribution < -0.4 is 10.5 Å². The van der Waals surface area contributed by atoms with Gasteiger partial charge in [-0.25, -0.2) is 0 Å². The van der Waals surface area contributed by atoms with E-state index in [1.807, 2.05) is 42.7 Å². The highest BCUT2D eigenvalue weighted by molar-refractivity contribution is 5.56. The monoisotopic (exact) mass is 269 g/mol. The second-order valence-corrected chi connectivity index (χ2v) is 4.95. The van der Waals surface area contributed by atoms with Gasteiger partial charge in [-0.1, -0.05) is 19.1 Å². The molecular formula is C16H19N3O. The van der Waals surface area contributed by atoms with Crippen molar-refractivity contribution < 1.29 is 4.74 Å². The van der Waals surface area contributed by atoms with Gasteiger partial charge in [0.15, 0.2) is 0 Å². The van der Waals surface area contributed by atoms with Crippen LogP contribution in [0.4, 0.5) is 5.69 Å². The molecule has 0 spiro atoms. The Morgan fingerprint density at radius 1 is 1.40 bits per heavy atom. The van der Waals surface area contributed by atoms with E-state index in [9.17, 15) is 5.26 Å². The van der Waals surface area contributed by atoms with Crippen LogP contribution in [0.15, 0.2) is 30.3 Å². The van der Waals surface area contributed by atoms with Gasteiger partial charge < -0.3 is 10.5 Å². The van der Waals surface area contributed by atoms with Gasteiger partial charge in [-0.2, -0.15) is 5.26 Å². The summed E-state index contributed by atoms with van der Waals surface area (Å²) in [5, 5.41) is 9.23. The predicted molar refractivity (Wildman–Crippen MR) is 79.8 cm³/mol. The van der Waals surface area contributed by atoms with E-state index in [0.717, 1.165) is 17.7 Å². The number of ether oxygens (including phenoxy) is 1. The molecule has 0 unspecified atom stereocenters. The molecule has 0 bridgehead atoms. The quantitative estimate of drug-likeness (QED) is 0.911. The van der Waals surface area contributed by atoms with Crippen molar-refractivity contribution in [2.24, 2.45) is 0 Å². The number of hydrogen-bond acceptors (Lipinski definition) is 3. The SMILES string of the molecule is CC[C@@H](C)n1c(C#N)cc(N)c1Oc1cccc(C)c1. The molecule has 2 rings (SSSR count). The third-order valence-corrected chi connectivity index (χ3v) is 3.37. The van der Waals surface area contributed by atoms with Crippen LogP contribution in [-0.4, -0.2) is 4.57 Å². The molecular weight excluding hydrogens is 250 g/mol. The summed E-state index contributed by atoms with van der Waals surface area (Å²) >= 11 is 0. The Labute approximate surface area is 119 Å². The molecule has 1 atom stereocenters. The van der Waals surface area contributed by atoms with Crippen molar-refractivity contribution in [3.8, 4) is 17.7 Å². The molecule has 0 fully saturated rings. The van der Waals surface area contributed by atoms with Crippen LogP contribution in [0.5, 0.6) is 11.6 Å². The first-order chi connectivity index (χ1) is 9.56. The highest BCUT2D eigenvalue weighted by atomic mass is 16.5. The van der Waals surface area contributed by atoms with E-state index in [1.165, 1.54) is 0 Å². The first-order valence-corrected chi connectivity index (χ1v) is 6.72. The van der Waals surface area contributed by atoms with Gasteiger partial charge in [0.1, 0.15) is 17.5 Å². The summed E-state index contributed by atoms with van der Waals surface area (Å²) in [4.78, 5) is 0. The van der Waals surface area contributed by atoms with Crippen LogP contribution in [-0.2, 0) is 0 Å². The standard InChI is InChI=1S/C16H19N3O/c1-4-12(3)19-13(10-17)9-15(18)16(19)20-14-7-5-6-11(2)8-14/h5-9,12H,4,18H2,1-3H3/t12-/m1/s1. The molecule has 0 aliphatic heterocycles. The first kappa shape index (κ1) is 14.0. The zero-order valence-electron chi connectivity index (χ0n) is 12.1. The van der Waals surface area contributed by atoms with E-state index >= 15 is 0 Å². The van der Waals surface area contributed by atoms with Gasteiger partial charge in [0, 0.05) is 12.1 Å². The number of hydrogen-bond donors (Lipinski definition) is 1. The summed E-state index contributed by atoms with van der Waals surface area (Å²) in [6.07, 6.45) is 0.896. The van der Waals surface area contributed by atoms with E-state index in [0.29, 0.717) is 17.3 Å². The van der Waals surface area contributed by atoms with Crippen molar-refractivity contribution in [3.05, 3.63) is 41.6 Å². The van der Waals surface area contributed by atoms with Crippen molar-refractivity contribution in [3.63, 3.8) is 0 Å². The highest BCUT2D eigenvalue weighted by Crippen LogP contribution is 2.34. The topological polar surface area (TPSA) is 64.0 Å². The molecule has 1 aromatic heterocycles. The van der Waals surface area contributed by atoms with E-state index in [-0.39, 0.29) is 6.04 Å². The van der Waals surface area contributed by atoms with E-state index in [2.05, 4.69) is 13.0 Å². The van der Waals surface area contributed by atoms with Gasteiger partial charge in [0.2, 0.25) is 5.88 Å². The number of aryl methyl sites for hydroxylation is 1. The Bertz CT molecular complexity index is 652. The van der Waals surface area contributed by atoms with Crippen molar-refractivity contribution in [2.45, 2.75) is 33.2 Å². The average Bonchev–Trinajstić information content (AvgIpc) is 2.74. The fourth-order valence-corrected chi connectivity index (χ4v) is 2.13. The predicted octanol–water partition coefficient (Wildman–Crippen LogP) is 4.01. The Balaban J connectivity index is 2.46. The minimum absolute atomic E-state index is 0.154. The number of nitrogen functional groups attached to an aromatic ring is 1. The summed E-state index contributed by atoms with van der Waals surface area (Å²) < 4.78 is 7.77. The second-order valence-electron chi connectivity index (χ2n) is 4.95. The van der Waals surface area contributed by atoms with E-state index in [1.54, 1.807) is 6.07 Å². The maximum atomic E-state index is 9.23. The number of aromatic nitrogens is 1. The number of nitrogens with zero attached hydrogens (tertiary/aromatic N) is 2. The number of nitrogens with two attached hydrogens (primary N) is 1. The van der Waals surface area contributed by atoms with E-state index in [4.69, 9.17) is 10.5 Å². The number of anilines is 1. The van der Waals surface area contributed by atoms with Crippen LogP contribution >= 0.6 is 0 Å². The fourth-order valence-electron chi connectivity index (χ4n) is 2.13. The largest absolute Gasteiger partial charge is 0.439 e. The van der Waals surface area contributed by atoms with Gasteiger partial charge in [0.05, 0.1) is 5.69 Å². The molecule has 1 heterocycles. The Kier molecular flexibility index (Phi) is 3.99. The Morgan fingerprint density at radius 3 is 2.75 bits per heavy atom. The molecule has 0 saturated carbocycles. The molecule has 104 valence electrons. The van der Waals surface area contributed by atoms with Gasteiger partial charge in [-0.3, -0.25) is 4.57 Å². The van der Waals surface area contributed by atoms with Crippen LogP contribution in [0.1, 0.15) is 37.6 Å². The number of rotatable bonds is 4. The smallest absolute Gasteiger partial charge is 0.224 e. The van der Waals surface area contributed by atoms with Crippen molar-refractivity contribution in [1.29, 1.82) is 5.26 Å². The molecule has 0 amide bonds. The minimum Gasteiger partial charge on any atom is -0.439 e. The molecule has 0 radical (unpaired) electrons. The van der Waals surface area contributed by atoms with Crippen LogP contribution in [0.2, 0.25) is 0 Å². The van der Waals surface area contributed by atoms with E-state index < -0.39 is 0 Å². The number of benzene rings is 1. The molecule has 4 nitrogen and oxygen atoms in total. The third-order valence-electron chi connectivity index (χ3n) is 3.37. The maximum absolute atomic E-state index is 9.23. The Morgan fingerprint density at radius 2 is 2.15 bits per heavy atom. The summed E-state index contributed by atoms with van der Waals surface area (Å²) in [5.41, 5.74) is 8.13. The molecule has 0 aliphatic rings. The normalized spacial score (nSPS) is 11.9. The van der Waals surface area contributed by atoms with Gasteiger partial charge in [-0.15, -0.1) is 0 Å². The summed E-state index contributed by atoms with van der Waals surface area (Å²) in [5.74, 6) is 1.27. The van der Waals surface area contributed by atoms with Gasteiger partial charge in [0.25, 0.3) is 0 Å². The lowest BCUT2D eigenvalue weighted by Gasteiger charge is -2.17. The van der Waals surface area contributed by atoms with Crippen molar-refractivity contribution in [2.75, 3.05) is 5.73 Å². The first-order valence-electron chi connectivity index (χ1n) is 6.72. The van der Waals surface area contributed by atoms with Gasteiger partial charge in [-0.05, 0) is 38.0 Å². The Hall–Kier alpha value is -2.41. The molecule has 1 aromatic carbocycles. The lowest BCUT2D eigenvalue weighted by atomic mass is 10.2. The average molecular weight is 269 g/mol. The molecule has 2 aromatic rings. The second kappa shape index (κ2) is 5.70. The zero-order valence-corrected chi connectivity index (χ0v) is 12.1. The molecule has 20 heavy (non-hydrogen) atoms. The zero-order chi connectivity index (χ0) is 14.7. The highest BCUT2D eigenvalue weighted by Gasteiger charge is 2.18. The molecule has 2 N–H and O–H groups in total. The summed E-state index contributed by atoms with van der Waals surface area (Å²) in [6.45, 7) is 6.12. The third kappa shape index (κ3) is 2.62. The lowest BCUT2D eigenvalue weighted by molar-refractivity contribution is 0.397. The van der Waals surface area contributed by atoms with Crippen LogP contribution in [0.3, 0.4) is 0 Å². The summed E-state index contributed by atoms with van der Waals surface area (Å²) in [7, 11) is 0. The van der Waals surface area contributed by atoms with Gasteiger partial charge >= 0.3 is 0 Å². The van der Waals surface area contributed by atoms with Crippen LogP contribution in [0.25, 0.3) is 0 Å². The molecule has 4 heteroatoms. The molecule has 0 saturated heterocycles. The van der Waals surface area contributed by atoms with Crippen molar-refractivity contribution in [1.82, 2.24) is 4.57 Å². The van der Waals surface area contributed by atoms with Crippen LogP contribution in [0, 0.1) is 18.3 Å². The minimum atomic E-state index is 0.154.